The first kappa shape index (κ1) is 16.5. The van der Waals surface area contributed by atoms with Crippen LogP contribution in [0.2, 0.25) is 10.0 Å². The van der Waals surface area contributed by atoms with Gasteiger partial charge in [0.05, 0.1) is 17.0 Å². The fourth-order valence-corrected chi connectivity index (χ4v) is 3.30. The summed E-state index contributed by atoms with van der Waals surface area (Å²) < 4.78 is 25.0. The SMILES string of the molecule is Fc1cc([C@H]2OCC[C@H]2c2nc(-c3cccc(Cl)c3)no2)ccc1Cl. The van der Waals surface area contributed by atoms with E-state index in [1.807, 2.05) is 12.1 Å². The molecule has 0 spiro atoms. The Bertz CT molecular complexity index is 916. The minimum absolute atomic E-state index is 0.0827. The Balaban J connectivity index is 1.63. The lowest BCUT2D eigenvalue weighted by molar-refractivity contribution is 0.0984. The summed E-state index contributed by atoms with van der Waals surface area (Å²) in [6, 6.07) is 11.9. The van der Waals surface area contributed by atoms with Gasteiger partial charge in [-0.25, -0.2) is 4.39 Å². The lowest BCUT2D eigenvalue weighted by Crippen LogP contribution is -2.07. The number of hydrogen-bond acceptors (Lipinski definition) is 4. The molecule has 25 heavy (non-hydrogen) atoms. The van der Waals surface area contributed by atoms with E-state index >= 15 is 0 Å². The maximum absolute atomic E-state index is 13.8. The van der Waals surface area contributed by atoms with Crippen LogP contribution in [0.15, 0.2) is 47.0 Å². The summed E-state index contributed by atoms with van der Waals surface area (Å²) in [7, 11) is 0. The van der Waals surface area contributed by atoms with E-state index in [2.05, 4.69) is 10.1 Å². The highest BCUT2D eigenvalue weighted by Crippen LogP contribution is 2.42. The molecule has 1 aliphatic rings. The van der Waals surface area contributed by atoms with Crippen molar-refractivity contribution >= 4 is 23.2 Å². The van der Waals surface area contributed by atoms with E-state index in [1.54, 1.807) is 18.2 Å². The van der Waals surface area contributed by atoms with Gasteiger partial charge >= 0.3 is 0 Å². The molecule has 1 aliphatic heterocycles. The van der Waals surface area contributed by atoms with Gasteiger partial charge in [0.15, 0.2) is 0 Å². The van der Waals surface area contributed by atoms with Crippen LogP contribution < -0.4 is 0 Å². The summed E-state index contributed by atoms with van der Waals surface area (Å²) in [4.78, 5) is 4.48. The normalized spacial score (nSPS) is 20.1. The van der Waals surface area contributed by atoms with Gasteiger partial charge < -0.3 is 9.26 Å². The second kappa shape index (κ2) is 6.75. The monoisotopic (exact) mass is 378 g/mol. The molecular weight excluding hydrogens is 366 g/mol. The fraction of sp³-hybridized carbons (Fsp3) is 0.222. The number of aromatic nitrogens is 2. The zero-order valence-corrected chi connectivity index (χ0v) is 14.5. The third-order valence-corrected chi connectivity index (χ3v) is 4.75. The Kier molecular flexibility index (Phi) is 4.46. The highest BCUT2D eigenvalue weighted by molar-refractivity contribution is 6.31. The van der Waals surface area contributed by atoms with E-state index in [1.165, 1.54) is 12.1 Å². The number of benzene rings is 2. The Morgan fingerprint density at radius 3 is 2.80 bits per heavy atom. The van der Waals surface area contributed by atoms with Gasteiger partial charge in [0.25, 0.3) is 0 Å². The molecule has 0 N–H and O–H groups in total. The van der Waals surface area contributed by atoms with Gasteiger partial charge in [0.1, 0.15) is 5.82 Å². The molecular formula is C18H13Cl2FN2O2. The Morgan fingerprint density at radius 2 is 2.00 bits per heavy atom. The van der Waals surface area contributed by atoms with E-state index in [0.717, 1.165) is 5.56 Å². The molecule has 4 rings (SSSR count). The van der Waals surface area contributed by atoms with Crippen molar-refractivity contribution in [2.75, 3.05) is 6.61 Å². The molecule has 0 unspecified atom stereocenters. The van der Waals surface area contributed by atoms with Crippen LogP contribution in [0.4, 0.5) is 4.39 Å². The number of rotatable bonds is 3. The maximum Gasteiger partial charge on any atom is 0.233 e. The van der Waals surface area contributed by atoms with Crippen LogP contribution in [0.5, 0.6) is 0 Å². The van der Waals surface area contributed by atoms with Crippen LogP contribution in [-0.2, 0) is 4.74 Å². The molecule has 2 aromatic carbocycles. The lowest BCUT2D eigenvalue weighted by Gasteiger charge is -2.16. The standard InChI is InChI=1S/C18H13Cl2FN2O2/c19-12-3-1-2-11(8-12)17-22-18(25-23-17)13-6-7-24-16(13)10-4-5-14(20)15(21)9-10/h1-5,8-9,13,16H,6-7H2/t13-,16-/m1/s1. The van der Waals surface area contributed by atoms with E-state index in [-0.39, 0.29) is 17.0 Å². The lowest BCUT2D eigenvalue weighted by atomic mass is 9.95. The maximum atomic E-state index is 13.8. The molecule has 4 nitrogen and oxygen atoms in total. The van der Waals surface area contributed by atoms with Crippen LogP contribution >= 0.6 is 23.2 Å². The minimum atomic E-state index is -0.474. The topological polar surface area (TPSA) is 48.2 Å². The number of hydrogen-bond donors (Lipinski definition) is 0. The van der Waals surface area contributed by atoms with Gasteiger partial charge in [0.2, 0.25) is 11.7 Å². The molecule has 1 saturated heterocycles. The Hall–Kier alpha value is -1.95. The smallest absolute Gasteiger partial charge is 0.233 e. The van der Waals surface area contributed by atoms with Crippen molar-refractivity contribution in [1.82, 2.24) is 10.1 Å². The van der Waals surface area contributed by atoms with Gasteiger partial charge in [0, 0.05) is 17.2 Å². The average molecular weight is 379 g/mol. The van der Waals surface area contributed by atoms with Gasteiger partial charge in [-0.15, -0.1) is 0 Å². The Labute approximate surface area is 153 Å². The van der Waals surface area contributed by atoms with Crippen molar-refractivity contribution in [3.63, 3.8) is 0 Å². The van der Waals surface area contributed by atoms with Gasteiger partial charge in [-0.2, -0.15) is 4.98 Å². The number of ether oxygens (including phenoxy) is 1. The highest BCUT2D eigenvalue weighted by atomic mass is 35.5. The van der Waals surface area contributed by atoms with Crippen molar-refractivity contribution in [2.45, 2.75) is 18.4 Å². The third-order valence-electron chi connectivity index (χ3n) is 4.21. The van der Waals surface area contributed by atoms with E-state index in [9.17, 15) is 4.39 Å². The molecule has 2 atom stereocenters. The van der Waals surface area contributed by atoms with Crippen LogP contribution in [0, 0.1) is 5.82 Å². The molecule has 128 valence electrons. The summed E-state index contributed by atoms with van der Waals surface area (Å²) in [5, 5.41) is 4.72. The van der Waals surface area contributed by atoms with Gasteiger partial charge in [-0.1, -0.05) is 46.6 Å². The summed E-state index contributed by atoms with van der Waals surface area (Å²) in [5.74, 6) is 0.317. The van der Waals surface area contributed by atoms with Crippen molar-refractivity contribution in [3.8, 4) is 11.4 Å². The molecule has 1 fully saturated rings. The first-order valence-electron chi connectivity index (χ1n) is 7.78. The van der Waals surface area contributed by atoms with Gasteiger partial charge in [-0.3, -0.25) is 0 Å². The molecule has 0 bridgehead atoms. The first-order valence-corrected chi connectivity index (χ1v) is 8.53. The van der Waals surface area contributed by atoms with E-state index < -0.39 is 5.82 Å². The molecule has 7 heteroatoms. The summed E-state index contributed by atoms with van der Waals surface area (Å²) >= 11 is 11.8. The molecule has 0 saturated carbocycles. The van der Waals surface area contributed by atoms with E-state index in [0.29, 0.717) is 35.3 Å². The van der Waals surface area contributed by atoms with Gasteiger partial charge in [-0.05, 0) is 36.2 Å². The zero-order valence-electron chi connectivity index (χ0n) is 13.0. The largest absolute Gasteiger partial charge is 0.373 e. The second-order valence-electron chi connectivity index (χ2n) is 5.83. The Morgan fingerprint density at radius 1 is 1.12 bits per heavy atom. The molecule has 0 aliphatic carbocycles. The summed E-state index contributed by atoms with van der Waals surface area (Å²) in [6.07, 6.45) is 0.367. The van der Waals surface area contributed by atoms with E-state index in [4.69, 9.17) is 32.5 Å². The quantitative estimate of drug-likeness (QED) is 0.609. The third kappa shape index (κ3) is 3.27. The van der Waals surface area contributed by atoms with Crippen molar-refractivity contribution in [3.05, 3.63) is 69.8 Å². The van der Waals surface area contributed by atoms with Crippen molar-refractivity contribution in [1.29, 1.82) is 0 Å². The van der Waals surface area contributed by atoms with Crippen LogP contribution in [-0.4, -0.2) is 16.7 Å². The van der Waals surface area contributed by atoms with Crippen molar-refractivity contribution in [2.24, 2.45) is 0 Å². The minimum Gasteiger partial charge on any atom is -0.373 e. The fourth-order valence-electron chi connectivity index (χ4n) is 2.99. The molecule has 2 heterocycles. The summed E-state index contributed by atoms with van der Waals surface area (Å²) in [5.41, 5.74) is 1.47. The average Bonchev–Trinajstić information content (AvgIpc) is 3.26. The second-order valence-corrected chi connectivity index (χ2v) is 6.67. The molecule has 0 amide bonds. The highest BCUT2D eigenvalue weighted by Gasteiger charge is 2.35. The number of halogens is 3. The number of nitrogens with zero attached hydrogens (tertiary/aromatic N) is 2. The van der Waals surface area contributed by atoms with Crippen molar-refractivity contribution < 1.29 is 13.7 Å². The predicted octanol–water partition coefficient (Wildman–Crippen LogP) is 5.43. The van der Waals surface area contributed by atoms with Crippen LogP contribution in [0.3, 0.4) is 0 Å². The zero-order chi connectivity index (χ0) is 17.4. The summed E-state index contributed by atoms with van der Waals surface area (Å²) in [6.45, 7) is 0.536. The molecule has 3 aromatic rings. The molecule has 1 aromatic heterocycles. The van der Waals surface area contributed by atoms with Crippen LogP contribution in [0.25, 0.3) is 11.4 Å². The predicted molar refractivity (Wildman–Crippen MR) is 92.2 cm³/mol. The van der Waals surface area contributed by atoms with Crippen LogP contribution in [0.1, 0.15) is 29.9 Å². The first-order chi connectivity index (χ1) is 12.1. The molecule has 0 radical (unpaired) electrons.